The molecule has 1 unspecified atom stereocenters. The van der Waals surface area contributed by atoms with E-state index in [-0.39, 0.29) is 28.8 Å². The number of benzene rings is 1. The summed E-state index contributed by atoms with van der Waals surface area (Å²) in [7, 11) is 0. The molecule has 0 bridgehead atoms. The number of aryl methyl sites for hydroxylation is 1. The van der Waals surface area contributed by atoms with Crippen molar-refractivity contribution in [2.75, 3.05) is 11.9 Å². The van der Waals surface area contributed by atoms with Crippen molar-refractivity contribution >= 4 is 45.5 Å². The topological polar surface area (TPSA) is 98.5 Å². The smallest absolute Gasteiger partial charge is 0.341 e. The predicted molar refractivity (Wildman–Crippen MR) is 108 cm³/mol. The Morgan fingerprint density at radius 2 is 2.18 bits per heavy atom. The molecule has 1 heterocycles. The van der Waals surface area contributed by atoms with E-state index in [9.17, 15) is 19.7 Å². The van der Waals surface area contributed by atoms with Gasteiger partial charge in [-0.3, -0.25) is 14.9 Å². The van der Waals surface area contributed by atoms with Gasteiger partial charge in [0.2, 0.25) is 0 Å². The number of nitrogens with zero attached hydrogens (tertiary/aromatic N) is 1. The van der Waals surface area contributed by atoms with Crippen LogP contribution in [0.25, 0.3) is 0 Å². The summed E-state index contributed by atoms with van der Waals surface area (Å²) in [6.45, 7) is 4.02. The van der Waals surface area contributed by atoms with Crippen molar-refractivity contribution in [1.29, 1.82) is 0 Å². The summed E-state index contributed by atoms with van der Waals surface area (Å²) in [5.41, 5.74) is 1.07. The van der Waals surface area contributed by atoms with Crippen LogP contribution in [0.4, 0.5) is 10.7 Å². The summed E-state index contributed by atoms with van der Waals surface area (Å²) in [4.78, 5) is 36.8. The number of carbonyl (C=O) groups is 2. The first-order valence-corrected chi connectivity index (χ1v) is 10.1. The maximum atomic E-state index is 12.7. The zero-order valence-electron chi connectivity index (χ0n) is 15.4. The van der Waals surface area contributed by atoms with Crippen molar-refractivity contribution in [2.45, 2.75) is 39.0 Å². The number of fused-ring (bicyclic) bond motifs is 1. The number of hydrogen-bond acceptors (Lipinski definition) is 6. The number of esters is 1. The molecule has 1 atom stereocenters. The zero-order chi connectivity index (χ0) is 20.4. The molecule has 0 saturated heterocycles. The third-order valence-corrected chi connectivity index (χ3v) is 6.17. The fourth-order valence-electron chi connectivity index (χ4n) is 3.37. The summed E-state index contributed by atoms with van der Waals surface area (Å²) >= 11 is 7.17. The number of anilines is 1. The van der Waals surface area contributed by atoms with Gasteiger partial charge < -0.3 is 10.1 Å². The third kappa shape index (κ3) is 3.88. The van der Waals surface area contributed by atoms with Crippen LogP contribution in [0, 0.1) is 10.1 Å². The first kappa shape index (κ1) is 20.3. The minimum Gasteiger partial charge on any atom is -0.462 e. The van der Waals surface area contributed by atoms with Crippen LogP contribution in [-0.4, -0.2) is 23.4 Å². The molecule has 1 amide bonds. The van der Waals surface area contributed by atoms with Crippen LogP contribution >= 0.6 is 22.9 Å². The Kier molecular flexibility index (Phi) is 6.00. The van der Waals surface area contributed by atoms with E-state index < -0.39 is 16.8 Å². The van der Waals surface area contributed by atoms with E-state index in [1.54, 1.807) is 6.92 Å². The summed E-state index contributed by atoms with van der Waals surface area (Å²) in [5, 5.41) is 14.2. The number of thiophene rings is 1. The minimum atomic E-state index is -0.644. The molecular weight excluding hydrogens is 404 g/mol. The predicted octanol–water partition coefficient (Wildman–Crippen LogP) is 5.18. The molecule has 0 spiro atoms. The molecule has 0 fully saturated rings. The molecule has 148 valence electrons. The molecule has 1 N–H and O–H groups in total. The molecule has 7 nitrogen and oxygen atoms in total. The molecule has 1 aliphatic rings. The number of rotatable bonds is 5. The lowest BCUT2D eigenvalue weighted by Crippen LogP contribution is -2.16. The second-order valence-corrected chi connectivity index (χ2v) is 8.05. The number of nitrogens with one attached hydrogen (secondary N) is 1. The van der Waals surface area contributed by atoms with Crippen molar-refractivity contribution < 1.29 is 19.2 Å². The van der Waals surface area contributed by atoms with Crippen molar-refractivity contribution in [3.63, 3.8) is 0 Å². The number of halogens is 1. The monoisotopic (exact) mass is 422 g/mol. The van der Waals surface area contributed by atoms with Crippen LogP contribution in [0.15, 0.2) is 18.2 Å². The van der Waals surface area contributed by atoms with Crippen LogP contribution in [0.5, 0.6) is 0 Å². The van der Waals surface area contributed by atoms with Gasteiger partial charge in [-0.15, -0.1) is 11.3 Å². The van der Waals surface area contributed by atoms with Gasteiger partial charge >= 0.3 is 5.97 Å². The molecule has 0 radical (unpaired) electrons. The molecule has 9 heteroatoms. The number of ether oxygens (including phenoxy) is 1. The van der Waals surface area contributed by atoms with E-state index in [4.69, 9.17) is 16.3 Å². The van der Waals surface area contributed by atoms with E-state index in [2.05, 4.69) is 12.2 Å². The first-order chi connectivity index (χ1) is 13.3. The van der Waals surface area contributed by atoms with Crippen LogP contribution in [0.3, 0.4) is 0 Å². The van der Waals surface area contributed by atoms with Gasteiger partial charge in [-0.2, -0.15) is 0 Å². The summed E-state index contributed by atoms with van der Waals surface area (Å²) in [6, 6.07) is 3.84. The molecular formula is C19H19ClN2O5S. The molecule has 1 aromatic carbocycles. The molecule has 1 aliphatic carbocycles. The van der Waals surface area contributed by atoms with E-state index in [0.717, 1.165) is 35.8 Å². The maximum absolute atomic E-state index is 12.7. The maximum Gasteiger partial charge on any atom is 0.341 e. The number of carbonyl (C=O) groups excluding carboxylic acids is 2. The molecule has 0 aliphatic heterocycles. The van der Waals surface area contributed by atoms with Crippen molar-refractivity contribution in [2.24, 2.45) is 0 Å². The van der Waals surface area contributed by atoms with Gasteiger partial charge in [0, 0.05) is 16.5 Å². The Labute approximate surface area is 170 Å². The van der Waals surface area contributed by atoms with E-state index in [1.165, 1.54) is 23.5 Å². The third-order valence-electron chi connectivity index (χ3n) is 4.67. The highest BCUT2D eigenvalue weighted by atomic mass is 35.5. The fraction of sp³-hybridized carbons (Fsp3) is 0.368. The highest BCUT2D eigenvalue weighted by Crippen LogP contribution is 2.44. The van der Waals surface area contributed by atoms with Gasteiger partial charge in [0.05, 0.1) is 17.1 Å². The average molecular weight is 423 g/mol. The van der Waals surface area contributed by atoms with Crippen LogP contribution in [-0.2, 0) is 11.2 Å². The molecule has 1 aromatic heterocycles. The van der Waals surface area contributed by atoms with Crippen LogP contribution in [0.1, 0.15) is 63.8 Å². The largest absolute Gasteiger partial charge is 0.462 e. The zero-order valence-corrected chi connectivity index (χ0v) is 17.0. The SMILES string of the molecule is CCOC(=O)c1c(NC(=O)c2ccc(Cl)c([N+](=O)[O-])c2)sc2c1C(C)CCC2. The lowest BCUT2D eigenvalue weighted by Gasteiger charge is -2.19. The van der Waals surface area contributed by atoms with Crippen LogP contribution in [0.2, 0.25) is 5.02 Å². The summed E-state index contributed by atoms with van der Waals surface area (Å²) < 4.78 is 5.20. The fourth-order valence-corrected chi connectivity index (χ4v) is 4.91. The van der Waals surface area contributed by atoms with Crippen molar-refractivity contribution in [3.05, 3.63) is 54.9 Å². The van der Waals surface area contributed by atoms with E-state index in [0.29, 0.717) is 10.6 Å². The van der Waals surface area contributed by atoms with Crippen LogP contribution < -0.4 is 5.32 Å². The highest BCUT2D eigenvalue weighted by molar-refractivity contribution is 7.17. The molecule has 0 saturated carbocycles. The number of nitro groups is 1. The molecule has 28 heavy (non-hydrogen) atoms. The second-order valence-electron chi connectivity index (χ2n) is 6.53. The highest BCUT2D eigenvalue weighted by Gasteiger charge is 2.31. The van der Waals surface area contributed by atoms with Gasteiger partial charge in [0.25, 0.3) is 11.6 Å². The Morgan fingerprint density at radius 1 is 1.43 bits per heavy atom. The standard InChI is InChI=1S/C19H19ClN2O5S/c1-3-27-19(24)16-15-10(2)5-4-6-14(15)28-18(16)21-17(23)11-7-8-12(20)13(9-11)22(25)26/h7-10H,3-6H2,1-2H3,(H,21,23). The van der Waals surface area contributed by atoms with Gasteiger partial charge in [-0.25, -0.2) is 4.79 Å². The quantitative estimate of drug-likeness (QED) is 0.406. The molecule has 3 rings (SSSR count). The Bertz CT molecular complexity index is 956. The van der Waals surface area contributed by atoms with E-state index in [1.807, 2.05) is 0 Å². The number of hydrogen-bond donors (Lipinski definition) is 1. The van der Waals surface area contributed by atoms with Gasteiger partial charge in [-0.1, -0.05) is 18.5 Å². The van der Waals surface area contributed by atoms with Crippen molar-refractivity contribution in [1.82, 2.24) is 0 Å². The molecule has 2 aromatic rings. The van der Waals surface area contributed by atoms with Crippen molar-refractivity contribution in [3.8, 4) is 0 Å². The second kappa shape index (κ2) is 8.28. The lowest BCUT2D eigenvalue weighted by molar-refractivity contribution is -0.384. The first-order valence-electron chi connectivity index (χ1n) is 8.91. The lowest BCUT2D eigenvalue weighted by atomic mass is 9.86. The summed E-state index contributed by atoms with van der Waals surface area (Å²) in [5.74, 6) is -0.815. The minimum absolute atomic E-state index is 0.0471. The Hall–Kier alpha value is -2.45. The number of amides is 1. The normalized spacial score (nSPS) is 15.6. The average Bonchev–Trinajstić information content (AvgIpc) is 3.01. The Morgan fingerprint density at radius 3 is 2.86 bits per heavy atom. The van der Waals surface area contributed by atoms with Gasteiger partial charge in [-0.05, 0) is 49.8 Å². The summed E-state index contributed by atoms with van der Waals surface area (Å²) in [6.07, 6.45) is 2.83. The van der Waals surface area contributed by atoms with E-state index >= 15 is 0 Å². The Balaban J connectivity index is 1.98. The van der Waals surface area contributed by atoms with Gasteiger partial charge in [0.1, 0.15) is 10.0 Å². The number of nitro benzene ring substituents is 1. The van der Waals surface area contributed by atoms with Gasteiger partial charge in [0.15, 0.2) is 0 Å².